The number of hydrogen-bond acceptors (Lipinski definition) is 2. The number of hydrogen-bond donors (Lipinski definition) is 1. The Labute approximate surface area is 99.1 Å². The van der Waals surface area contributed by atoms with Gasteiger partial charge in [-0.05, 0) is 25.1 Å². The van der Waals surface area contributed by atoms with Gasteiger partial charge in [-0.25, -0.2) is 0 Å². The number of rotatable bonds is 2. The van der Waals surface area contributed by atoms with Gasteiger partial charge in [-0.3, -0.25) is 0 Å². The molecule has 0 bridgehead atoms. The van der Waals surface area contributed by atoms with E-state index in [0.29, 0.717) is 6.04 Å². The van der Waals surface area contributed by atoms with Crippen LogP contribution in [0.15, 0.2) is 16.6 Å². The fraction of sp³-hybridized carbons (Fsp3) is 0.500. The van der Waals surface area contributed by atoms with Gasteiger partial charge in [0.25, 0.3) is 0 Å². The first-order valence-electron chi connectivity index (χ1n) is 5.39. The molecule has 0 saturated carbocycles. The molecular formula is C12H16BrNO. The van der Waals surface area contributed by atoms with Crippen LogP contribution in [-0.2, 0) is 0 Å². The van der Waals surface area contributed by atoms with Crippen LogP contribution in [0.3, 0.4) is 0 Å². The molecular weight excluding hydrogens is 254 g/mol. The second kappa shape index (κ2) is 4.54. The smallest absolute Gasteiger partial charge is 0.128 e. The molecule has 15 heavy (non-hydrogen) atoms. The van der Waals surface area contributed by atoms with Crippen molar-refractivity contribution in [2.24, 2.45) is 0 Å². The van der Waals surface area contributed by atoms with Crippen LogP contribution in [0.4, 0.5) is 0 Å². The number of nitrogens with one attached hydrogen (secondary N) is 1. The highest BCUT2D eigenvalue weighted by Crippen LogP contribution is 2.39. The molecule has 1 N–H and O–H groups in total. The zero-order chi connectivity index (χ0) is 10.8. The summed E-state index contributed by atoms with van der Waals surface area (Å²) in [6.45, 7) is 6.03. The van der Waals surface area contributed by atoms with Crippen LogP contribution in [0, 0.1) is 6.92 Å². The minimum Gasteiger partial charge on any atom is -0.493 e. The molecule has 2 rings (SSSR count). The second-order valence-electron chi connectivity index (χ2n) is 3.85. The lowest BCUT2D eigenvalue weighted by molar-refractivity contribution is 0.252. The molecule has 0 amide bonds. The maximum Gasteiger partial charge on any atom is 0.128 e. The van der Waals surface area contributed by atoms with Crippen molar-refractivity contribution in [3.05, 3.63) is 27.7 Å². The molecule has 2 nitrogen and oxygen atoms in total. The third-order valence-electron chi connectivity index (χ3n) is 2.79. The van der Waals surface area contributed by atoms with E-state index in [1.165, 1.54) is 11.1 Å². The summed E-state index contributed by atoms with van der Waals surface area (Å²) in [6.07, 6.45) is 1.04. The van der Waals surface area contributed by atoms with Crippen molar-refractivity contribution in [2.45, 2.75) is 26.3 Å². The lowest BCUT2D eigenvalue weighted by Crippen LogP contribution is -2.27. The standard InChI is InChI=1S/C12H16BrNO/c1-3-14-10-6-7-15-12-8(2)4-5-9(13)11(10)12/h4-5,10,14H,3,6-7H2,1-2H3. The van der Waals surface area contributed by atoms with E-state index in [2.05, 4.69) is 47.2 Å². The van der Waals surface area contributed by atoms with Crippen LogP contribution < -0.4 is 10.1 Å². The zero-order valence-corrected chi connectivity index (χ0v) is 10.7. The molecule has 1 aromatic rings. The first-order chi connectivity index (χ1) is 7.24. The van der Waals surface area contributed by atoms with E-state index in [-0.39, 0.29) is 0 Å². The molecule has 0 aromatic heterocycles. The molecule has 0 radical (unpaired) electrons. The van der Waals surface area contributed by atoms with E-state index in [9.17, 15) is 0 Å². The average molecular weight is 270 g/mol. The average Bonchev–Trinajstić information content (AvgIpc) is 2.24. The van der Waals surface area contributed by atoms with Crippen LogP contribution in [0.5, 0.6) is 5.75 Å². The summed E-state index contributed by atoms with van der Waals surface area (Å²) in [5.74, 6) is 1.06. The Balaban J connectivity index is 2.45. The normalized spacial score (nSPS) is 19.5. The van der Waals surface area contributed by atoms with Crippen molar-refractivity contribution in [2.75, 3.05) is 13.2 Å². The summed E-state index contributed by atoms with van der Waals surface area (Å²) in [5, 5.41) is 3.50. The number of halogens is 1. The van der Waals surface area contributed by atoms with Gasteiger partial charge in [0.1, 0.15) is 5.75 Å². The molecule has 1 aromatic carbocycles. The molecule has 1 aliphatic heterocycles. The number of ether oxygens (including phenoxy) is 1. The highest BCUT2D eigenvalue weighted by molar-refractivity contribution is 9.10. The van der Waals surface area contributed by atoms with Gasteiger partial charge in [0, 0.05) is 22.5 Å². The van der Waals surface area contributed by atoms with Gasteiger partial charge >= 0.3 is 0 Å². The number of fused-ring (bicyclic) bond motifs is 1. The van der Waals surface area contributed by atoms with Gasteiger partial charge < -0.3 is 10.1 Å². The predicted octanol–water partition coefficient (Wildman–Crippen LogP) is 3.19. The Morgan fingerprint density at radius 1 is 1.53 bits per heavy atom. The Hall–Kier alpha value is -0.540. The largest absolute Gasteiger partial charge is 0.493 e. The summed E-state index contributed by atoms with van der Waals surface area (Å²) >= 11 is 3.61. The van der Waals surface area contributed by atoms with Gasteiger partial charge in [-0.2, -0.15) is 0 Å². The highest BCUT2D eigenvalue weighted by atomic mass is 79.9. The Bertz CT molecular complexity index is 365. The van der Waals surface area contributed by atoms with Crippen LogP contribution in [0.2, 0.25) is 0 Å². The predicted molar refractivity (Wildman–Crippen MR) is 65.4 cm³/mol. The Kier molecular flexibility index (Phi) is 3.32. The number of benzene rings is 1. The van der Waals surface area contributed by atoms with E-state index in [1.807, 2.05) is 0 Å². The zero-order valence-electron chi connectivity index (χ0n) is 9.14. The van der Waals surface area contributed by atoms with Crippen molar-refractivity contribution in [3.8, 4) is 5.75 Å². The Morgan fingerprint density at radius 3 is 3.07 bits per heavy atom. The molecule has 0 spiro atoms. The molecule has 0 saturated heterocycles. The van der Waals surface area contributed by atoms with Crippen molar-refractivity contribution in [1.82, 2.24) is 5.32 Å². The second-order valence-corrected chi connectivity index (χ2v) is 4.71. The summed E-state index contributed by atoms with van der Waals surface area (Å²) in [6, 6.07) is 4.62. The molecule has 1 unspecified atom stereocenters. The van der Waals surface area contributed by atoms with Crippen molar-refractivity contribution >= 4 is 15.9 Å². The van der Waals surface area contributed by atoms with Crippen molar-refractivity contribution < 1.29 is 4.74 Å². The quantitative estimate of drug-likeness (QED) is 0.891. The molecule has 1 aliphatic rings. The fourth-order valence-corrected chi connectivity index (χ4v) is 2.66. The van der Waals surface area contributed by atoms with Crippen LogP contribution in [0.25, 0.3) is 0 Å². The SMILES string of the molecule is CCNC1CCOc2c(C)ccc(Br)c21. The third-order valence-corrected chi connectivity index (χ3v) is 3.48. The fourth-order valence-electron chi connectivity index (χ4n) is 2.07. The lowest BCUT2D eigenvalue weighted by Gasteiger charge is -2.28. The first kappa shape index (κ1) is 11.0. The minimum atomic E-state index is 0.424. The van der Waals surface area contributed by atoms with Crippen LogP contribution >= 0.6 is 15.9 Å². The lowest BCUT2D eigenvalue weighted by atomic mass is 9.98. The summed E-state index contributed by atoms with van der Waals surface area (Å²) < 4.78 is 6.89. The highest BCUT2D eigenvalue weighted by Gasteiger charge is 2.24. The van der Waals surface area contributed by atoms with Gasteiger partial charge in [-0.1, -0.05) is 28.9 Å². The molecule has 0 aliphatic carbocycles. The monoisotopic (exact) mass is 269 g/mol. The number of aryl methyl sites for hydroxylation is 1. The van der Waals surface area contributed by atoms with Crippen LogP contribution in [-0.4, -0.2) is 13.2 Å². The minimum absolute atomic E-state index is 0.424. The summed E-state index contributed by atoms with van der Waals surface area (Å²) in [7, 11) is 0. The van der Waals surface area contributed by atoms with Gasteiger partial charge in [0.05, 0.1) is 6.61 Å². The van der Waals surface area contributed by atoms with Crippen molar-refractivity contribution in [3.63, 3.8) is 0 Å². The van der Waals surface area contributed by atoms with Crippen molar-refractivity contribution in [1.29, 1.82) is 0 Å². The van der Waals surface area contributed by atoms with E-state index in [0.717, 1.165) is 29.8 Å². The van der Waals surface area contributed by atoms with E-state index in [1.54, 1.807) is 0 Å². The van der Waals surface area contributed by atoms with Gasteiger partial charge in [0.2, 0.25) is 0 Å². The third kappa shape index (κ3) is 2.04. The van der Waals surface area contributed by atoms with Crippen LogP contribution in [0.1, 0.15) is 30.5 Å². The van der Waals surface area contributed by atoms with Gasteiger partial charge in [0.15, 0.2) is 0 Å². The van der Waals surface area contributed by atoms with E-state index < -0.39 is 0 Å². The maximum absolute atomic E-state index is 5.74. The Morgan fingerprint density at radius 2 is 2.33 bits per heavy atom. The molecule has 1 heterocycles. The summed E-state index contributed by atoms with van der Waals surface area (Å²) in [5.41, 5.74) is 2.50. The maximum atomic E-state index is 5.74. The molecule has 1 atom stereocenters. The van der Waals surface area contributed by atoms with Gasteiger partial charge in [-0.15, -0.1) is 0 Å². The molecule has 3 heteroatoms. The molecule has 0 fully saturated rings. The molecule has 82 valence electrons. The topological polar surface area (TPSA) is 21.3 Å². The van der Waals surface area contributed by atoms with E-state index in [4.69, 9.17) is 4.74 Å². The van der Waals surface area contributed by atoms with E-state index >= 15 is 0 Å². The first-order valence-corrected chi connectivity index (χ1v) is 6.18. The summed E-state index contributed by atoms with van der Waals surface area (Å²) in [4.78, 5) is 0.